The molecule has 2 saturated heterocycles. The van der Waals surface area contributed by atoms with Crippen LogP contribution in [-0.2, 0) is 31.9 Å². The zero-order chi connectivity index (χ0) is 34.0. The molecule has 4 rings (SSSR count). The number of phenols is 2. The van der Waals surface area contributed by atoms with Crippen LogP contribution in [0.5, 0.6) is 23.0 Å². The minimum absolute atomic E-state index is 0.00287. The van der Waals surface area contributed by atoms with Gasteiger partial charge in [0.05, 0.1) is 0 Å². The number of phenolic OH excluding ortho intramolecular Hbond substituents is 2. The van der Waals surface area contributed by atoms with E-state index in [9.17, 15) is 60.7 Å². The second-order valence-corrected chi connectivity index (χ2v) is 11.7. The van der Waals surface area contributed by atoms with E-state index in [1.165, 1.54) is 24.3 Å². The molecule has 254 valence electrons. The SMILES string of the molecule is C[C@H](Cc1ccc(O)c(O)c1)[C@@H](C)Cc1ccc(O[C@@H]2O[C@H](C(=O)O)[C@@H](O)[C@H](O)[C@H]2O)c(O[C@H]2O[C@@H](C(=O)O)[C@H](O)[C@@H](O)[C@@H]2O)c1. The number of aliphatic hydroxyl groups is 6. The third-order valence-corrected chi connectivity index (χ3v) is 8.25. The van der Waals surface area contributed by atoms with Gasteiger partial charge < -0.3 is 70.0 Å². The van der Waals surface area contributed by atoms with Gasteiger partial charge in [-0.3, -0.25) is 0 Å². The number of aliphatic carboxylic acids is 2. The van der Waals surface area contributed by atoms with Gasteiger partial charge in [-0.1, -0.05) is 26.0 Å². The molecule has 2 aliphatic heterocycles. The van der Waals surface area contributed by atoms with Crippen molar-refractivity contribution in [2.45, 2.75) is 88.1 Å². The summed E-state index contributed by atoms with van der Waals surface area (Å²) in [6, 6.07) is 8.93. The summed E-state index contributed by atoms with van der Waals surface area (Å²) in [6.45, 7) is 3.94. The number of ether oxygens (including phenoxy) is 4. The summed E-state index contributed by atoms with van der Waals surface area (Å²) in [5, 5.41) is 99.7. The van der Waals surface area contributed by atoms with Crippen LogP contribution in [0.25, 0.3) is 0 Å². The molecule has 0 saturated carbocycles. The van der Waals surface area contributed by atoms with Crippen LogP contribution in [0.1, 0.15) is 25.0 Å². The van der Waals surface area contributed by atoms with E-state index >= 15 is 0 Å². The number of benzene rings is 2. The minimum Gasteiger partial charge on any atom is -0.504 e. The molecule has 2 heterocycles. The largest absolute Gasteiger partial charge is 0.504 e. The average Bonchev–Trinajstić information content (AvgIpc) is 3.00. The van der Waals surface area contributed by atoms with Crippen LogP contribution in [0, 0.1) is 11.8 Å². The molecule has 16 heteroatoms. The summed E-state index contributed by atoms with van der Waals surface area (Å²) in [7, 11) is 0. The van der Waals surface area contributed by atoms with Crippen LogP contribution in [0.4, 0.5) is 0 Å². The van der Waals surface area contributed by atoms with E-state index in [2.05, 4.69) is 0 Å². The number of aromatic hydroxyl groups is 2. The Bertz CT molecular complexity index is 1380. The molecule has 0 aliphatic carbocycles. The van der Waals surface area contributed by atoms with Crippen molar-refractivity contribution in [1.82, 2.24) is 0 Å². The summed E-state index contributed by atoms with van der Waals surface area (Å²) >= 11 is 0. The second-order valence-electron chi connectivity index (χ2n) is 11.7. The standard InChI is InChI=1S/C30H38O16/c1-11(7-13-3-5-15(31)16(32)9-13)12(2)8-14-4-6-17(43-29-23(37)19(33)21(35)25(45-29)27(39)40)18(10-14)44-30-24(38)20(34)22(36)26(46-30)28(41)42/h3-6,9-12,19-26,29-38H,7-8H2,1-2H3,(H,39,40)(H,41,42)/t11-,12+,19+,20-,21+,22-,23-,24+,25+,26-,29-,30+/m1/s1. The Balaban J connectivity index is 1.61. The molecule has 16 nitrogen and oxygen atoms in total. The normalized spacial score (nSPS) is 32.7. The van der Waals surface area contributed by atoms with Crippen LogP contribution >= 0.6 is 0 Å². The molecule has 12 atom stereocenters. The first-order valence-corrected chi connectivity index (χ1v) is 14.4. The number of rotatable bonds is 11. The molecule has 46 heavy (non-hydrogen) atoms. The predicted octanol–water partition coefficient (Wildman–Crippen LogP) is -1.30. The van der Waals surface area contributed by atoms with Crippen molar-refractivity contribution in [3.63, 3.8) is 0 Å². The Labute approximate surface area is 262 Å². The fourth-order valence-electron chi connectivity index (χ4n) is 5.26. The lowest BCUT2D eigenvalue weighted by Gasteiger charge is -2.40. The third kappa shape index (κ3) is 7.62. The molecule has 0 unspecified atom stereocenters. The van der Waals surface area contributed by atoms with Gasteiger partial charge in [0, 0.05) is 0 Å². The van der Waals surface area contributed by atoms with Gasteiger partial charge in [0.15, 0.2) is 35.2 Å². The maximum atomic E-state index is 11.6. The highest BCUT2D eigenvalue weighted by Gasteiger charge is 2.50. The fraction of sp³-hybridized carbons (Fsp3) is 0.533. The van der Waals surface area contributed by atoms with Gasteiger partial charge >= 0.3 is 11.9 Å². The van der Waals surface area contributed by atoms with Crippen LogP contribution < -0.4 is 9.47 Å². The summed E-state index contributed by atoms with van der Waals surface area (Å²) in [5.41, 5.74) is 1.41. The van der Waals surface area contributed by atoms with Crippen molar-refractivity contribution in [3.8, 4) is 23.0 Å². The third-order valence-electron chi connectivity index (χ3n) is 8.25. The van der Waals surface area contributed by atoms with Crippen molar-refractivity contribution in [2.24, 2.45) is 11.8 Å². The van der Waals surface area contributed by atoms with E-state index < -0.39 is 73.4 Å². The van der Waals surface area contributed by atoms with E-state index in [0.29, 0.717) is 18.4 Å². The van der Waals surface area contributed by atoms with Gasteiger partial charge in [-0.25, -0.2) is 9.59 Å². The van der Waals surface area contributed by atoms with Crippen molar-refractivity contribution in [1.29, 1.82) is 0 Å². The van der Waals surface area contributed by atoms with Crippen molar-refractivity contribution in [2.75, 3.05) is 0 Å². The highest BCUT2D eigenvalue weighted by atomic mass is 16.7. The highest BCUT2D eigenvalue weighted by molar-refractivity contribution is 5.74. The van der Waals surface area contributed by atoms with Gasteiger partial charge in [-0.05, 0) is 60.1 Å². The van der Waals surface area contributed by atoms with E-state index in [-0.39, 0.29) is 34.8 Å². The molecule has 10 N–H and O–H groups in total. The molecule has 2 aromatic rings. The van der Waals surface area contributed by atoms with Gasteiger partial charge in [0.1, 0.15) is 36.6 Å². The molecule has 0 aromatic heterocycles. The van der Waals surface area contributed by atoms with Crippen molar-refractivity contribution < 1.29 is 79.6 Å². The lowest BCUT2D eigenvalue weighted by molar-refractivity contribution is -0.276. The molecule has 0 spiro atoms. The number of carbonyl (C=O) groups is 2. The van der Waals surface area contributed by atoms with Crippen molar-refractivity contribution in [3.05, 3.63) is 47.5 Å². The number of carboxylic acid groups (broad SMARTS) is 2. The monoisotopic (exact) mass is 654 g/mol. The Morgan fingerprint density at radius 1 is 0.630 bits per heavy atom. The number of carboxylic acids is 2. The maximum Gasteiger partial charge on any atom is 0.335 e. The van der Waals surface area contributed by atoms with Crippen LogP contribution in [0.15, 0.2) is 36.4 Å². The Morgan fingerprint density at radius 2 is 1.07 bits per heavy atom. The first kappa shape index (κ1) is 35.1. The molecule has 0 radical (unpaired) electrons. The lowest BCUT2D eigenvalue weighted by atomic mass is 9.85. The van der Waals surface area contributed by atoms with E-state index in [1.807, 2.05) is 13.8 Å². The Kier molecular flexibility index (Phi) is 11.0. The maximum absolute atomic E-state index is 11.6. The zero-order valence-electron chi connectivity index (χ0n) is 24.7. The number of hydrogen-bond acceptors (Lipinski definition) is 14. The fourth-order valence-corrected chi connectivity index (χ4v) is 5.26. The van der Waals surface area contributed by atoms with Crippen LogP contribution in [0.2, 0.25) is 0 Å². The summed E-state index contributed by atoms with van der Waals surface area (Å²) in [4.78, 5) is 23.2. The molecular formula is C30H38O16. The summed E-state index contributed by atoms with van der Waals surface area (Å²) in [6.07, 6.45) is -18.5. The van der Waals surface area contributed by atoms with Crippen LogP contribution in [-0.4, -0.2) is 124 Å². The molecule has 2 aromatic carbocycles. The van der Waals surface area contributed by atoms with Gasteiger partial charge in [-0.2, -0.15) is 0 Å². The molecule has 2 aliphatic rings. The highest BCUT2D eigenvalue weighted by Crippen LogP contribution is 2.36. The van der Waals surface area contributed by atoms with Gasteiger partial charge in [0.2, 0.25) is 12.6 Å². The quantitative estimate of drug-likeness (QED) is 0.126. The smallest absolute Gasteiger partial charge is 0.335 e. The lowest BCUT2D eigenvalue weighted by Crippen LogP contribution is -2.61. The topological polar surface area (TPSA) is 273 Å². The first-order chi connectivity index (χ1) is 21.6. The Morgan fingerprint density at radius 3 is 1.52 bits per heavy atom. The van der Waals surface area contributed by atoms with E-state index in [4.69, 9.17) is 18.9 Å². The Hall–Kier alpha value is -3.74. The van der Waals surface area contributed by atoms with Crippen LogP contribution in [0.3, 0.4) is 0 Å². The molecule has 2 fully saturated rings. The van der Waals surface area contributed by atoms with Crippen molar-refractivity contribution >= 4 is 11.9 Å². The molecule has 0 amide bonds. The molecule has 0 bridgehead atoms. The predicted molar refractivity (Wildman–Crippen MR) is 152 cm³/mol. The van der Waals surface area contributed by atoms with E-state index in [0.717, 1.165) is 5.56 Å². The average molecular weight is 655 g/mol. The number of hydrogen-bond donors (Lipinski definition) is 10. The zero-order valence-corrected chi connectivity index (χ0v) is 24.7. The summed E-state index contributed by atoms with van der Waals surface area (Å²) in [5.74, 6) is -4.20. The second kappa shape index (κ2) is 14.4. The van der Waals surface area contributed by atoms with Gasteiger partial charge in [0.25, 0.3) is 0 Å². The molecular weight excluding hydrogens is 616 g/mol. The van der Waals surface area contributed by atoms with Gasteiger partial charge in [-0.15, -0.1) is 0 Å². The minimum atomic E-state index is -1.99. The number of aliphatic hydroxyl groups excluding tert-OH is 6. The summed E-state index contributed by atoms with van der Waals surface area (Å²) < 4.78 is 21.8. The van der Waals surface area contributed by atoms with E-state index in [1.54, 1.807) is 12.1 Å². The first-order valence-electron chi connectivity index (χ1n) is 14.4.